The number of pyridine rings is 1. The van der Waals surface area contributed by atoms with Crippen molar-refractivity contribution < 1.29 is 4.52 Å². The third-order valence-electron chi connectivity index (χ3n) is 3.44. The fourth-order valence-electron chi connectivity index (χ4n) is 2.05. The molecule has 0 bridgehead atoms. The summed E-state index contributed by atoms with van der Waals surface area (Å²) in [6.07, 6.45) is 6.48. The molecule has 0 spiro atoms. The predicted molar refractivity (Wildman–Crippen MR) is 79.5 cm³/mol. The number of nitrogens with zero attached hydrogens (tertiary/aromatic N) is 3. The molecule has 102 valence electrons. The minimum atomic E-state index is 0.423. The van der Waals surface area contributed by atoms with Crippen LogP contribution < -0.4 is 0 Å². The number of hydrogen-bond donors (Lipinski definition) is 0. The average Bonchev–Trinajstić information content (AvgIpc) is 3.18. The van der Waals surface area contributed by atoms with Gasteiger partial charge in [0.2, 0.25) is 0 Å². The van der Waals surface area contributed by atoms with E-state index in [1.165, 1.54) is 0 Å². The number of hydrogen-bond acceptors (Lipinski definition) is 5. The Morgan fingerprint density at radius 2 is 2.20 bits per heavy atom. The number of rotatable bonds is 4. The quantitative estimate of drug-likeness (QED) is 0.714. The Kier molecular flexibility index (Phi) is 3.60. The lowest BCUT2D eigenvalue weighted by molar-refractivity contribution is 0.432. The van der Waals surface area contributed by atoms with Crippen molar-refractivity contribution in [1.29, 1.82) is 0 Å². The summed E-state index contributed by atoms with van der Waals surface area (Å²) in [5.41, 5.74) is 4.96. The lowest BCUT2D eigenvalue weighted by atomic mass is 9.99. The van der Waals surface area contributed by atoms with Crippen LogP contribution >= 0.6 is 11.3 Å². The van der Waals surface area contributed by atoms with E-state index in [0.29, 0.717) is 5.92 Å². The average molecular weight is 285 g/mol. The first-order valence-electron chi connectivity index (χ1n) is 6.59. The first-order valence-corrected chi connectivity index (χ1v) is 7.47. The minimum absolute atomic E-state index is 0.423. The molecule has 0 aliphatic carbocycles. The highest BCUT2D eigenvalue weighted by molar-refractivity contribution is 7.13. The van der Waals surface area contributed by atoms with Crippen LogP contribution in [0.2, 0.25) is 0 Å². The molecule has 0 radical (unpaired) electrons. The van der Waals surface area contributed by atoms with E-state index in [0.717, 1.165) is 33.9 Å². The topological polar surface area (TPSA) is 51.8 Å². The molecule has 0 amide bonds. The standard InChI is InChI=1S/C15H15N3OS/c1-3-10(2)13-6-11(14-4-5-18-19-14)12(7-17-13)15-8-16-9-20-15/h4-10H,3H2,1-2H3. The van der Waals surface area contributed by atoms with E-state index in [1.807, 2.05) is 24.0 Å². The lowest BCUT2D eigenvalue weighted by Crippen LogP contribution is -1.97. The van der Waals surface area contributed by atoms with Crippen molar-refractivity contribution >= 4 is 11.3 Å². The van der Waals surface area contributed by atoms with Gasteiger partial charge in [0.25, 0.3) is 0 Å². The van der Waals surface area contributed by atoms with Gasteiger partial charge in [-0.05, 0) is 18.4 Å². The summed E-state index contributed by atoms with van der Waals surface area (Å²) in [7, 11) is 0. The second-order valence-corrected chi connectivity index (χ2v) is 5.59. The molecule has 4 nitrogen and oxygen atoms in total. The molecular formula is C15H15N3OS. The van der Waals surface area contributed by atoms with Crippen LogP contribution in [0.1, 0.15) is 31.9 Å². The zero-order chi connectivity index (χ0) is 13.9. The van der Waals surface area contributed by atoms with Crippen molar-refractivity contribution in [2.75, 3.05) is 0 Å². The molecule has 0 saturated carbocycles. The maximum atomic E-state index is 5.33. The Labute approximate surface area is 121 Å². The van der Waals surface area contributed by atoms with Crippen molar-refractivity contribution in [3.63, 3.8) is 0 Å². The smallest absolute Gasteiger partial charge is 0.167 e. The third-order valence-corrected chi connectivity index (χ3v) is 4.25. The fraction of sp³-hybridized carbons (Fsp3) is 0.267. The molecule has 0 aliphatic heterocycles. The Hall–Kier alpha value is -2.01. The summed E-state index contributed by atoms with van der Waals surface area (Å²) in [5, 5.41) is 3.81. The van der Waals surface area contributed by atoms with Gasteiger partial charge in [0, 0.05) is 35.3 Å². The molecule has 0 aliphatic rings. The van der Waals surface area contributed by atoms with E-state index < -0.39 is 0 Å². The van der Waals surface area contributed by atoms with Crippen LogP contribution in [-0.4, -0.2) is 15.1 Å². The molecule has 0 saturated heterocycles. The lowest BCUT2D eigenvalue weighted by Gasteiger charge is -2.11. The van der Waals surface area contributed by atoms with Crippen LogP contribution in [0, 0.1) is 0 Å². The van der Waals surface area contributed by atoms with Gasteiger partial charge in [-0.1, -0.05) is 19.0 Å². The molecule has 20 heavy (non-hydrogen) atoms. The van der Waals surface area contributed by atoms with Gasteiger partial charge in [-0.25, -0.2) is 0 Å². The van der Waals surface area contributed by atoms with E-state index in [-0.39, 0.29) is 0 Å². The molecule has 3 rings (SSSR count). The third kappa shape index (κ3) is 2.36. The van der Waals surface area contributed by atoms with Gasteiger partial charge in [0.15, 0.2) is 5.76 Å². The van der Waals surface area contributed by atoms with Crippen molar-refractivity contribution in [1.82, 2.24) is 15.1 Å². The summed E-state index contributed by atoms with van der Waals surface area (Å²) in [6, 6.07) is 3.98. The molecule has 3 aromatic heterocycles. The summed E-state index contributed by atoms with van der Waals surface area (Å²) >= 11 is 1.59. The Morgan fingerprint density at radius 1 is 1.30 bits per heavy atom. The molecule has 0 N–H and O–H groups in total. The molecule has 1 unspecified atom stereocenters. The highest BCUT2D eigenvalue weighted by atomic mass is 32.1. The summed E-state index contributed by atoms with van der Waals surface area (Å²) in [6.45, 7) is 4.34. The van der Waals surface area contributed by atoms with Gasteiger partial charge in [-0.2, -0.15) is 0 Å². The van der Waals surface area contributed by atoms with E-state index in [2.05, 4.69) is 35.0 Å². The fourth-order valence-corrected chi connectivity index (χ4v) is 2.70. The number of aromatic nitrogens is 3. The Bertz CT molecular complexity index is 677. The highest BCUT2D eigenvalue weighted by Gasteiger charge is 2.15. The van der Waals surface area contributed by atoms with Gasteiger partial charge < -0.3 is 4.52 Å². The first kappa shape index (κ1) is 13.0. The molecular weight excluding hydrogens is 270 g/mol. The van der Waals surface area contributed by atoms with Gasteiger partial charge in [0.1, 0.15) is 0 Å². The van der Waals surface area contributed by atoms with Crippen LogP contribution in [0.5, 0.6) is 0 Å². The highest BCUT2D eigenvalue weighted by Crippen LogP contribution is 2.35. The van der Waals surface area contributed by atoms with Gasteiger partial charge in [0.05, 0.1) is 16.6 Å². The largest absolute Gasteiger partial charge is 0.356 e. The van der Waals surface area contributed by atoms with Gasteiger partial charge in [-0.3, -0.25) is 9.97 Å². The van der Waals surface area contributed by atoms with Gasteiger partial charge >= 0.3 is 0 Å². The van der Waals surface area contributed by atoms with E-state index in [9.17, 15) is 0 Å². The van der Waals surface area contributed by atoms with Crippen LogP contribution in [-0.2, 0) is 0 Å². The summed E-state index contributed by atoms with van der Waals surface area (Å²) < 4.78 is 5.33. The van der Waals surface area contributed by atoms with Crippen LogP contribution in [0.25, 0.3) is 21.8 Å². The molecule has 3 heterocycles. The molecule has 1 atom stereocenters. The zero-order valence-electron chi connectivity index (χ0n) is 11.4. The number of thiazole rings is 1. The predicted octanol–water partition coefficient (Wildman–Crippen LogP) is 4.37. The van der Waals surface area contributed by atoms with E-state index in [1.54, 1.807) is 17.5 Å². The van der Waals surface area contributed by atoms with E-state index in [4.69, 9.17) is 4.52 Å². The minimum Gasteiger partial charge on any atom is -0.356 e. The Balaban J connectivity index is 2.15. The van der Waals surface area contributed by atoms with Crippen LogP contribution in [0.3, 0.4) is 0 Å². The van der Waals surface area contributed by atoms with Crippen molar-refractivity contribution in [3.8, 4) is 21.8 Å². The van der Waals surface area contributed by atoms with E-state index >= 15 is 0 Å². The SMILES string of the molecule is CCC(C)c1cc(-c2ccno2)c(-c2cncs2)cn1. The normalized spacial score (nSPS) is 12.5. The maximum absolute atomic E-state index is 5.33. The second-order valence-electron chi connectivity index (χ2n) is 4.71. The zero-order valence-corrected chi connectivity index (χ0v) is 12.2. The molecule has 5 heteroatoms. The molecule has 0 aromatic carbocycles. The Morgan fingerprint density at radius 3 is 2.85 bits per heavy atom. The van der Waals surface area contributed by atoms with Crippen LogP contribution in [0.4, 0.5) is 0 Å². The molecule has 3 aromatic rings. The summed E-state index contributed by atoms with van der Waals surface area (Å²) in [4.78, 5) is 9.81. The van der Waals surface area contributed by atoms with Crippen molar-refractivity contribution in [2.24, 2.45) is 0 Å². The van der Waals surface area contributed by atoms with Crippen LogP contribution in [0.15, 0.2) is 40.8 Å². The van der Waals surface area contributed by atoms with Gasteiger partial charge in [-0.15, -0.1) is 11.3 Å². The molecule has 0 fully saturated rings. The first-order chi connectivity index (χ1) is 9.79. The van der Waals surface area contributed by atoms with Crippen molar-refractivity contribution in [3.05, 3.63) is 41.9 Å². The second kappa shape index (κ2) is 5.54. The monoisotopic (exact) mass is 285 g/mol. The maximum Gasteiger partial charge on any atom is 0.167 e. The van der Waals surface area contributed by atoms with Crippen molar-refractivity contribution in [2.45, 2.75) is 26.2 Å². The summed E-state index contributed by atoms with van der Waals surface area (Å²) in [5.74, 6) is 1.19.